The van der Waals surface area contributed by atoms with Gasteiger partial charge in [-0.3, -0.25) is 10.8 Å². The van der Waals surface area contributed by atoms with Crippen LogP contribution in [0.2, 0.25) is 0 Å². The molecule has 1 atom stereocenters. The van der Waals surface area contributed by atoms with Gasteiger partial charge in [0.25, 0.3) is 0 Å². The smallest absolute Gasteiger partial charge is 0.0713 e. The highest BCUT2D eigenvalue weighted by molar-refractivity contribution is 5.36. The third-order valence-corrected chi connectivity index (χ3v) is 2.92. The average molecular weight is 227 g/mol. The lowest BCUT2D eigenvalue weighted by molar-refractivity contribution is 0.632. The van der Waals surface area contributed by atoms with E-state index in [2.05, 4.69) is 35.5 Å². The van der Waals surface area contributed by atoms with E-state index in [4.69, 9.17) is 5.84 Å². The third-order valence-electron chi connectivity index (χ3n) is 2.92. The van der Waals surface area contributed by atoms with E-state index >= 15 is 0 Å². The third kappa shape index (κ3) is 2.52. The number of aryl methyl sites for hydroxylation is 2. The lowest BCUT2D eigenvalue weighted by Gasteiger charge is -2.19. The zero-order valence-corrected chi connectivity index (χ0v) is 10.1. The largest absolute Gasteiger partial charge is 0.271 e. The summed E-state index contributed by atoms with van der Waals surface area (Å²) in [5.74, 6) is 5.69. The molecule has 0 aliphatic rings. The maximum atomic E-state index is 5.69. The highest BCUT2D eigenvalue weighted by Gasteiger charge is 2.14. The van der Waals surface area contributed by atoms with Crippen LogP contribution in [-0.4, -0.2) is 4.98 Å². The predicted molar refractivity (Wildman–Crippen MR) is 69.3 cm³/mol. The molecule has 0 saturated carbocycles. The summed E-state index contributed by atoms with van der Waals surface area (Å²) in [5.41, 5.74) is 7.43. The van der Waals surface area contributed by atoms with Crippen LogP contribution in [0.3, 0.4) is 0 Å². The molecule has 88 valence electrons. The number of nitrogens with zero attached hydrogens (tertiary/aromatic N) is 1. The van der Waals surface area contributed by atoms with Crippen LogP contribution in [0.1, 0.15) is 28.4 Å². The first kappa shape index (κ1) is 11.8. The Kier molecular flexibility index (Phi) is 3.52. The molecular formula is C14H17N3. The first-order valence-corrected chi connectivity index (χ1v) is 5.66. The molecule has 1 aromatic carbocycles. The molecule has 0 fully saturated rings. The van der Waals surface area contributed by atoms with Crippen molar-refractivity contribution in [1.82, 2.24) is 10.4 Å². The molecule has 0 radical (unpaired) electrons. The second-order valence-electron chi connectivity index (χ2n) is 4.19. The van der Waals surface area contributed by atoms with E-state index in [9.17, 15) is 0 Å². The molecule has 3 heteroatoms. The van der Waals surface area contributed by atoms with Crippen molar-refractivity contribution in [1.29, 1.82) is 0 Å². The number of hydrogen-bond acceptors (Lipinski definition) is 3. The molecule has 0 spiro atoms. The van der Waals surface area contributed by atoms with Gasteiger partial charge in [0.2, 0.25) is 0 Å². The summed E-state index contributed by atoms with van der Waals surface area (Å²) < 4.78 is 0. The number of hydrogen-bond donors (Lipinski definition) is 2. The van der Waals surface area contributed by atoms with Crippen LogP contribution in [0.4, 0.5) is 0 Å². The summed E-state index contributed by atoms with van der Waals surface area (Å²) in [4.78, 5) is 4.20. The maximum Gasteiger partial charge on any atom is 0.0713 e. The van der Waals surface area contributed by atoms with Gasteiger partial charge in [-0.25, -0.2) is 5.43 Å². The minimum absolute atomic E-state index is 0.0119. The Balaban J connectivity index is 2.44. The molecule has 0 saturated heterocycles. The number of aromatic nitrogens is 1. The van der Waals surface area contributed by atoms with Crippen LogP contribution in [0.15, 0.2) is 42.6 Å². The normalized spacial score (nSPS) is 12.4. The number of hydrazine groups is 1. The van der Waals surface area contributed by atoms with Gasteiger partial charge in [0, 0.05) is 11.9 Å². The molecule has 17 heavy (non-hydrogen) atoms. The second kappa shape index (κ2) is 5.08. The van der Waals surface area contributed by atoms with Gasteiger partial charge >= 0.3 is 0 Å². The molecule has 0 aliphatic heterocycles. The molecule has 0 aliphatic carbocycles. The Labute approximate surface area is 102 Å². The quantitative estimate of drug-likeness (QED) is 0.624. The van der Waals surface area contributed by atoms with E-state index in [1.165, 1.54) is 11.1 Å². The van der Waals surface area contributed by atoms with Crippen molar-refractivity contribution in [3.63, 3.8) is 0 Å². The van der Waals surface area contributed by atoms with Gasteiger partial charge in [-0.05, 0) is 42.7 Å². The van der Waals surface area contributed by atoms with Crippen molar-refractivity contribution in [2.75, 3.05) is 0 Å². The zero-order chi connectivity index (χ0) is 12.3. The summed E-state index contributed by atoms with van der Waals surface area (Å²) in [7, 11) is 0. The van der Waals surface area contributed by atoms with Crippen molar-refractivity contribution in [3.8, 4) is 0 Å². The van der Waals surface area contributed by atoms with Crippen molar-refractivity contribution >= 4 is 0 Å². The Morgan fingerprint density at radius 2 is 1.94 bits per heavy atom. The maximum absolute atomic E-state index is 5.69. The average Bonchev–Trinajstić information content (AvgIpc) is 2.33. The lowest BCUT2D eigenvalue weighted by atomic mass is 9.96. The van der Waals surface area contributed by atoms with E-state index < -0.39 is 0 Å². The van der Waals surface area contributed by atoms with Gasteiger partial charge in [0.05, 0.1) is 6.04 Å². The minimum Gasteiger partial charge on any atom is -0.271 e. The molecule has 0 bridgehead atoms. The zero-order valence-electron chi connectivity index (χ0n) is 10.1. The molecule has 1 heterocycles. The van der Waals surface area contributed by atoms with Crippen LogP contribution in [0.5, 0.6) is 0 Å². The fraction of sp³-hybridized carbons (Fsp3) is 0.214. The first-order valence-electron chi connectivity index (χ1n) is 5.66. The van der Waals surface area contributed by atoms with Crippen LogP contribution in [-0.2, 0) is 0 Å². The number of nitrogens with two attached hydrogens (primary N) is 1. The van der Waals surface area contributed by atoms with Crippen molar-refractivity contribution in [3.05, 3.63) is 65.0 Å². The number of benzene rings is 1. The Morgan fingerprint density at radius 3 is 2.59 bits per heavy atom. The molecule has 1 aromatic heterocycles. The lowest BCUT2D eigenvalue weighted by Crippen LogP contribution is -2.29. The molecular weight excluding hydrogens is 210 g/mol. The van der Waals surface area contributed by atoms with Crippen molar-refractivity contribution < 1.29 is 0 Å². The van der Waals surface area contributed by atoms with Gasteiger partial charge in [0.15, 0.2) is 0 Å². The summed E-state index contributed by atoms with van der Waals surface area (Å²) in [6, 6.07) is 12.3. The summed E-state index contributed by atoms with van der Waals surface area (Å²) >= 11 is 0. The number of pyridine rings is 1. The van der Waals surface area contributed by atoms with Gasteiger partial charge in [-0.2, -0.15) is 0 Å². The van der Waals surface area contributed by atoms with Crippen LogP contribution < -0.4 is 11.3 Å². The molecule has 3 nitrogen and oxygen atoms in total. The Hall–Kier alpha value is -1.71. The monoisotopic (exact) mass is 227 g/mol. The van der Waals surface area contributed by atoms with E-state index in [1.807, 2.05) is 31.3 Å². The first-order chi connectivity index (χ1) is 8.22. The standard InChI is InChI=1S/C14H17N3/c1-10-5-3-4-6-13(10)14(17-15)12-7-8-16-11(2)9-12/h3-9,14,17H,15H2,1-2H3. The fourth-order valence-corrected chi connectivity index (χ4v) is 2.02. The van der Waals surface area contributed by atoms with Crippen molar-refractivity contribution in [2.45, 2.75) is 19.9 Å². The summed E-state index contributed by atoms with van der Waals surface area (Å²) in [5, 5.41) is 0. The van der Waals surface area contributed by atoms with E-state index in [-0.39, 0.29) is 6.04 Å². The van der Waals surface area contributed by atoms with Crippen molar-refractivity contribution in [2.24, 2.45) is 5.84 Å². The summed E-state index contributed by atoms with van der Waals surface area (Å²) in [6.07, 6.45) is 1.81. The predicted octanol–water partition coefficient (Wildman–Crippen LogP) is 2.25. The molecule has 2 aromatic rings. The number of rotatable bonds is 3. The molecule has 1 unspecified atom stereocenters. The molecule has 3 N–H and O–H groups in total. The molecule has 2 rings (SSSR count). The Bertz CT molecular complexity index is 508. The highest BCUT2D eigenvalue weighted by Crippen LogP contribution is 2.23. The van der Waals surface area contributed by atoms with Gasteiger partial charge in [0.1, 0.15) is 0 Å². The summed E-state index contributed by atoms with van der Waals surface area (Å²) in [6.45, 7) is 4.07. The second-order valence-corrected chi connectivity index (χ2v) is 4.19. The van der Waals surface area contributed by atoms with Gasteiger partial charge in [-0.1, -0.05) is 24.3 Å². The van der Waals surface area contributed by atoms with E-state index in [0.717, 1.165) is 11.3 Å². The van der Waals surface area contributed by atoms with Crippen LogP contribution in [0.25, 0.3) is 0 Å². The number of nitrogens with one attached hydrogen (secondary N) is 1. The topological polar surface area (TPSA) is 50.9 Å². The van der Waals surface area contributed by atoms with E-state index in [0.29, 0.717) is 0 Å². The SMILES string of the molecule is Cc1cc(C(NN)c2ccccc2C)ccn1. The van der Waals surface area contributed by atoms with E-state index in [1.54, 1.807) is 0 Å². The Morgan fingerprint density at radius 1 is 1.18 bits per heavy atom. The fourth-order valence-electron chi connectivity index (χ4n) is 2.02. The highest BCUT2D eigenvalue weighted by atomic mass is 15.2. The van der Waals surface area contributed by atoms with Crippen LogP contribution in [0, 0.1) is 13.8 Å². The molecule has 0 amide bonds. The minimum atomic E-state index is 0.0119. The van der Waals surface area contributed by atoms with Crippen LogP contribution >= 0.6 is 0 Å². The van der Waals surface area contributed by atoms with Gasteiger partial charge in [-0.15, -0.1) is 0 Å². The van der Waals surface area contributed by atoms with Gasteiger partial charge < -0.3 is 0 Å².